The number of phenolic OH excluding ortho intramolecular Hbond substituents is 1. The number of hydrogen-bond donors (Lipinski definition) is 1. The number of pyridine rings is 2. The smallest absolute Gasteiger partial charge is 0.144 e. The van der Waals surface area contributed by atoms with Gasteiger partial charge in [-0.25, -0.2) is 9.97 Å². The second-order valence-corrected chi connectivity index (χ2v) is 10.3. The Labute approximate surface area is 208 Å². The normalized spacial score (nSPS) is 11.7. The molecular formula is C30H25N3OS. The fourth-order valence-electron chi connectivity index (χ4n) is 4.69. The van der Waals surface area contributed by atoms with Crippen LogP contribution in [0.5, 0.6) is 5.75 Å². The van der Waals surface area contributed by atoms with Gasteiger partial charge in [-0.3, -0.25) is 4.57 Å². The van der Waals surface area contributed by atoms with Gasteiger partial charge in [-0.05, 0) is 92.9 Å². The number of benzene rings is 3. The number of hydrogen-bond acceptors (Lipinski definition) is 4. The Kier molecular flexibility index (Phi) is 5.04. The van der Waals surface area contributed by atoms with Crippen molar-refractivity contribution >= 4 is 44.5 Å². The lowest BCUT2D eigenvalue weighted by molar-refractivity contribution is 0.476. The van der Waals surface area contributed by atoms with E-state index in [0.717, 1.165) is 37.7 Å². The van der Waals surface area contributed by atoms with Gasteiger partial charge < -0.3 is 5.11 Å². The van der Waals surface area contributed by atoms with Crippen molar-refractivity contribution in [1.29, 1.82) is 0 Å². The maximum absolute atomic E-state index is 10.6. The SMILES string of the molecule is Cc1ccnc(-n2c3ccc(C)cc3c3cc(C)c(Sc4ccc5ccc(C)c(O)c5n4)cc32)c1. The Morgan fingerprint density at radius 2 is 1.51 bits per heavy atom. The first-order chi connectivity index (χ1) is 16.9. The minimum atomic E-state index is 0.248. The molecule has 0 amide bonds. The topological polar surface area (TPSA) is 50.9 Å². The molecule has 3 aromatic carbocycles. The highest BCUT2D eigenvalue weighted by atomic mass is 32.2. The number of phenols is 1. The molecule has 4 nitrogen and oxygen atoms in total. The van der Waals surface area contributed by atoms with Crippen LogP contribution in [-0.2, 0) is 0 Å². The average Bonchev–Trinajstić information content (AvgIpc) is 3.14. The molecule has 172 valence electrons. The third-order valence-electron chi connectivity index (χ3n) is 6.57. The van der Waals surface area contributed by atoms with Crippen molar-refractivity contribution in [1.82, 2.24) is 14.5 Å². The predicted octanol–water partition coefficient (Wildman–Crippen LogP) is 7.82. The monoisotopic (exact) mass is 475 g/mol. The molecule has 6 aromatic rings. The quantitative estimate of drug-likeness (QED) is 0.283. The van der Waals surface area contributed by atoms with Crippen molar-refractivity contribution in [2.24, 2.45) is 0 Å². The van der Waals surface area contributed by atoms with Crippen molar-refractivity contribution in [3.8, 4) is 11.6 Å². The first-order valence-corrected chi connectivity index (χ1v) is 12.5. The van der Waals surface area contributed by atoms with Gasteiger partial charge in [-0.15, -0.1) is 0 Å². The molecule has 0 unspecified atom stereocenters. The van der Waals surface area contributed by atoms with Gasteiger partial charge in [0.05, 0.1) is 11.0 Å². The lowest BCUT2D eigenvalue weighted by Crippen LogP contribution is -1.98. The summed E-state index contributed by atoms with van der Waals surface area (Å²) in [4.78, 5) is 10.6. The van der Waals surface area contributed by atoms with E-state index in [4.69, 9.17) is 9.97 Å². The van der Waals surface area contributed by atoms with Crippen LogP contribution < -0.4 is 0 Å². The number of aromatic hydroxyl groups is 1. The first-order valence-electron chi connectivity index (χ1n) is 11.6. The molecule has 3 heterocycles. The zero-order chi connectivity index (χ0) is 24.3. The minimum absolute atomic E-state index is 0.248. The zero-order valence-corrected chi connectivity index (χ0v) is 20.9. The molecule has 1 N–H and O–H groups in total. The third kappa shape index (κ3) is 3.63. The molecule has 0 saturated carbocycles. The summed E-state index contributed by atoms with van der Waals surface area (Å²) in [7, 11) is 0. The van der Waals surface area contributed by atoms with Gasteiger partial charge in [0.2, 0.25) is 0 Å². The van der Waals surface area contributed by atoms with Crippen LogP contribution in [-0.4, -0.2) is 19.6 Å². The van der Waals surface area contributed by atoms with Gasteiger partial charge in [0.1, 0.15) is 22.1 Å². The van der Waals surface area contributed by atoms with Crippen LogP contribution >= 0.6 is 11.8 Å². The highest BCUT2D eigenvalue weighted by molar-refractivity contribution is 7.99. The van der Waals surface area contributed by atoms with Gasteiger partial charge in [0, 0.05) is 27.3 Å². The molecule has 6 rings (SSSR count). The van der Waals surface area contributed by atoms with Crippen LogP contribution in [0.4, 0.5) is 0 Å². The molecule has 0 aliphatic carbocycles. The van der Waals surface area contributed by atoms with E-state index in [1.54, 1.807) is 11.8 Å². The number of aromatic nitrogens is 3. The van der Waals surface area contributed by atoms with Crippen molar-refractivity contribution in [3.63, 3.8) is 0 Å². The molecule has 0 aliphatic heterocycles. The molecule has 5 heteroatoms. The summed E-state index contributed by atoms with van der Waals surface area (Å²) >= 11 is 1.62. The number of aryl methyl sites for hydroxylation is 4. The van der Waals surface area contributed by atoms with E-state index in [0.29, 0.717) is 5.52 Å². The fraction of sp³-hybridized carbons (Fsp3) is 0.133. The van der Waals surface area contributed by atoms with E-state index in [9.17, 15) is 5.11 Å². The van der Waals surface area contributed by atoms with Gasteiger partial charge in [-0.2, -0.15) is 0 Å². The van der Waals surface area contributed by atoms with Crippen LogP contribution in [0.15, 0.2) is 82.8 Å². The number of rotatable bonds is 3. The van der Waals surface area contributed by atoms with E-state index < -0.39 is 0 Å². The van der Waals surface area contributed by atoms with Crippen LogP contribution in [0.1, 0.15) is 22.3 Å². The summed E-state index contributed by atoms with van der Waals surface area (Å²) in [5, 5.41) is 14.8. The average molecular weight is 476 g/mol. The van der Waals surface area contributed by atoms with E-state index in [-0.39, 0.29) is 5.75 Å². The maximum Gasteiger partial charge on any atom is 0.144 e. The molecule has 0 bridgehead atoms. The fourth-order valence-corrected chi connectivity index (χ4v) is 5.58. The van der Waals surface area contributed by atoms with E-state index >= 15 is 0 Å². The summed E-state index contributed by atoms with van der Waals surface area (Å²) in [5.41, 5.74) is 7.34. The molecule has 0 aliphatic rings. The third-order valence-corrected chi connectivity index (χ3v) is 7.67. The summed E-state index contributed by atoms with van der Waals surface area (Å²) in [6.45, 7) is 8.27. The summed E-state index contributed by atoms with van der Waals surface area (Å²) in [6, 6.07) is 23.2. The van der Waals surface area contributed by atoms with Gasteiger partial charge in [-0.1, -0.05) is 35.5 Å². The van der Waals surface area contributed by atoms with Crippen molar-refractivity contribution < 1.29 is 5.11 Å². The Morgan fingerprint density at radius 1 is 0.743 bits per heavy atom. The molecule has 0 spiro atoms. The van der Waals surface area contributed by atoms with E-state index in [2.05, 4.69) is 61.7 Å². The maximum atomic E-state index is 10.6. The van der Waals surface area contributed by atoms with E-state index in [1.165, 1.54) is 27.5 Å². The lowest BCUT2D eigenvalue weighted by atomic mass is 10.1. The van der Waals surface area contributed by atoms with Crippen LogP contribution in [0.3, 0.4) is 0 Å². The Hall–Kier alpha value is -3.83. The van der Waals surface area contributed by atoms with E-state index in [1.807, 2.05) is 43.5 Å². The number of nitrogens with zero attached hydrogens (tertiary/aromatic N) is 3. The van der Waals surface area contributed by atoms with Crippen molar-refractivity contribution in [2.45, 2.75) is 37.6 Å². The molecule has 0 atom stereocenters. The second kappa shape index (κ2) is 8.14. The molecule has 35 heavy (non-hydrogen) atoms. The van der Waals surface area contributed by atoms with Crippen LogP contribution in [0.25, 0.3) is 38.5 Å². The van der Waals surface area contributed by atoms with Crippen LogP contribution in [0, 0.1) is 27.7 Å². The Morgan fingerprint density at radius 3 is 2.34 bits per heavy atom. The first kappa shape index (κ1) is 21.7. The summed E-state index contributed by atoms with van der Waals surface area (Å²) < 4.78 is 2.25. The summed E-state index contributed by atoms with van der Waals surface area (Å²) in [5.74, 6) is 1.16. The molecule has 0 radical (unpaired) electrons. The predicted molar refractivity (Wildman–Crippen MR) is 145 cm³/mol. The highest BCUT2D eigenvalue weighted by Crippen LogP contribution is 2.39. The Bertz CT molecular complexity index is 1780. The molecular weight excluding hydrogens is 450 g/mol. The summed E-state index contributed by atoms with van der Waals surface area (Å²) in [6.07, 6.45) is 1.87. The molecule has 0 fully saturated rings. The van der Waals surface area contributed by atoms with Crippen molar-refractivity contribution in [3.05, 3.63) is 95.2 Å². The largest absolute Gasteiger partial charge is 0.505 e. The molecule has 3 aromatic heterocycles. The highest BCUT2D eigenvalue weighted by Gasteiger charge is 2.16. The molecule has 0 saturated heterocycles. The standard InChI is InChI=1S/C30H25N3OS/c1-17-5-9-24-22(13-17)23-15-20(4)26(16-25(23)33(24)27-14-18(2)11-12-31-27)35-28-10-8-21-7-6-19(3)30(34)29(21)32-28/h5-16,34H,1-4H3. The van der Waals surface area contributed by atoms with Gasteiger partial charge in [0.25, 0.3) is 0 Å². The minimum Gasteiger partial charge on any atom is -0.505 e. The zero-order valence-electron chi connectivity index (χ0n) is 20.1. The number of fused-ring (bicyclic) bond motifs is 4. The van der Waals surface area contributed by atoms with Crippen molar-refractivity contribution in [2.75, 3.05) is 0 Å². The van der Waals surface area contributed by atoms with Gasteiger partial charge >= 0.3 is 0 Å². The van der Waals surface area contributed by atoms with Crippen LogP contribution in [0.2, 0.25) is 0 Å². The lowest BCUT2D eigenvalue weighted by Gasteiger charge is -2.11. The second-order valence-electron chi connectivity index (χ2n) is 9.24. The van der Waals surface area contributed by atoms with Gasteiger partial charge in [0.15, 0.2) is 0 Å². The Balaban J connectivity index is 1.56.